The average Bonchev–Trinajstić information content (AvgIpc) is 3.22. The van der Waals surface area contributed by atoms with Gasteiger partial charge in [0.15, 0.2) is 0 Å². The summed E-state index contributed by atoms with van der Waals surface area (Å²) in [6, 6.07) is 22.1. The van der Waals surface area contributed by atoms with Crippen LogP contribution < -0.4 is 10.6 Å². The molecule has 4 N–H and O–H groups in total. The molecule has 4 aromatic rings. The van der Waals surface area contributed by atoms with Crippen molar-refractivity contribution in [3.05, 3.63) is 101 Å². The van der Waals surface area contributed by atoms with Crippen LogP contribution in [0.1, 0.15) is 27.6 Å². The number of halogens is 1. The SMILES string of the molecule is Cn1ccc2cc(C(=O)Nc3ccc(C[C@@H](CO)NC[C@@H](O)c4cccc(Cl)c4)cc3)ccc21. The number of hydrogen-bond donors (Lipinski definition) is 4. The van der Waals surface area contributed by atoms with Crippen molar-refractivity contribution in [2.75, 3.05) is 18.5 Å². The van der Waals surface area contributed by atoms with Crippen molar-refractivity contribution in [1.29, 1.82) is 0 Å². The summed E-state index contributed by atoms with van der Waals surface area (Å²) in [7, 11) is 1.97. The molecule has 0 aliphatic rings. The Labute approximate surface area is 203 Å². The predicted octanol–water partition coefficient (Wildman–Crippen LogP) is 4.31. The molecule has 1 aromatic heterocycles. The topological polar surface area (TPSA) is 86.5 Å². The summed E-state index contributed by atoms with van der Waals surface area (Å²) in [6.07, 6.45) is 1.83. The number of carbonyl (C=O) groups excluding carboxylic acids is 1. The summed E-state index contributed by atoms with van der Waals surface area (Å²) >= 11 is 5.99. The zero-order valence-electron chi connectivity index (χ0n) is 18.9. The Morgan fingerprint density at radius 1 is 1.06 bits per heavy atom. The van der Waals surface area contributed by atoms with Gasteiger partial charge >= 0.3 is 0 Å². The summed E-state index contributed by atoms with van der Waals surface area (Å²) in [5.41, 5.74) is 4.11. The standard InChI is InChI=1S/C27H28ClN3O3/c1-31-12-11-19-14-21(7-10-25(19)31)27(34)30-23-8-5-18(6-9-23)13-24(17-32)29-16-26(33)20-3-2-4-22(28)15-20/h2-12,14-15,24,26,29,32-33H,13,16-17H2,1H3,(H,30,34)/t24-,26+/m0/s1. The van der Waals surface area contributed by atoms with Gasteiger partial charge in [-0.1, -0.05) is 35.9 Å². The largest absolute Gasteiger partial charge is 0.395 e. The maximum Gasteiger partial charge on any atom is 0.255 e. The number of aromatic nitrogens is 1. The van der Waals surface area contributed by atoms with E-state index in [1.807, 2.05) is 72.4 Å². The van der Waals surface area contributed by atoms with E-state index in [1.54, 1.807) is 18.2 Å². The van der Waals surface area contributed by atoms with E-state index >= 15 is 0 Å². The number of aliphatic hydroxyl groups is 2. The molecule has 34 heavy (non-hydrogen) atoms. The summed E-state index contributed by atoms with van der Waals surface area (Å²) in [5.74, 6) is -0.164. The van der Waals surface area contributed by atoms with Crippen LogP contribution in [-0.2, 0) is 13.5 Å². The van der Waals surface area contributed by atoms with Crippen LogP contribution in [0.15, 0.2) is 79.0 Å². The highest BCUT2D eigenvalue weighted by atomic mass is 35.5. The zero-order valence-corrected chi connectivity index (χ0v) is 19.7. The van der Waals surface area contributed by atoms with E-state index in [2.05, 4.69) is 10.6 Å². The molecule has 4 rings (SSSR count). The van der Waals surface area contributed by atoms with Crippen molar-refractivity contribution in [2.45, 2.75) is 18.6 Å². The van der Waals surface area contributed by atoms with E-state index in [1.165, 1.54) is 0 Å². The smallest absolute Gasteiger partial charge is 0.255 e. The summed E-state index contributed by atoms with van der Waals surface area (Å²) < 4.78 is 2.02. The van der Waals surface area contributed by atoms with E-state index in [-0.39, 0.29) is 18.6 Å². The number of benzene rings is 3. The molecule has 0 bridgehead atoms. The van der Waals surface area contributed by atoms with Gasteiger partial charge in [-0.2, -0.15) is 0 Å². The zero-order chi connectivity index (χ0) is 24.1. The Bertz CT molecular complexity index is 1270. The maximum absolute atomic E-state index is 12.7. The van der Waals surface area contributed by atoms with Crippen LogP contribution in [0.2, 0.25) is 5.02 Å². The first-order chi connectivity index (χ1) is 16.4. The van der Waals surface area contributed by atoms with Crippen LogP contribution in [-0.4, -0.2) is 39.9 Å². The third-order valence-electron chi connectivity index (χ3n) is 5.90. The number of aliphatic hydroxyl groups excluding tert-OH is 2. The highest BCUT2D eigenvalue weighted by Gasteiger charge is 2.14. The minimum Gasteiger partial charge on any atom is -0.395 e. The Kier molecular flexibility index (Phi) is 7.65. The van der Waals surface area contributed by atoms with E-state index < -0.39 is 6.10 Å². The lowest BCUT2D eigenvalue weighted by atomic mass is 10.0. The lowest BCUT2D eigenvalue weighted by Crippen LogP contribution is -2.37. The van der Waals surface area contributed by atoms with Gasteiger partial charge in [0, 0.05) is 53.0 Å². The third kappa shape index (κ3) is 5.85. The second-order valence-electron chi connectivity index (χ2n) is 8.41. The summed E-state index contributed by atoms with van der Waals surface area (Å²) in [4.78, 5) is 12.7. The fourth-order valence-corrected chi connectivity index (χ4v) is 4.14. The van der Waals surface area contributed by atoms with Crippen molar-refractivity contribution in [3.63, 3.8) is 0 Å². The molecule has 7 heteroatoms. The number of carbonyl (C=O) groups is 1. The summed E-state index contributed by atoms with van der Waals surface area (Å²) in [5, 5.41) is 27.9. The second kappa shape index (κ2) is 10.8. The molecule has 1 heterocycles. The first kappa shape index (κ1) is 24.0. The summed E-state index contributed by atoms with van der Waals surface area (Å²) in [6.45, 7) is 0.230. The number of hydrogen-bond acceptors (Lipinski definition) is 4. The van der Waals surface area contributed by atoms with Crippen LogP contribution in [0.25, 0.3) is 10.9 Å². The molecule has 176 valence electrons. The highest BCUT2D eigenvalue weighted by Crippen LogP contribution is 2.19. The number of amides is 1. The normalized spacial score (nSPS) is 13.1. The van der Waals surface area contributed by atoms with Crippen molar-refractivity contribution in [3.8, 4) is 0 Å². The molecule has 0 unspecified atom stereocenters. The number of nitrogens with one attached hydrogen (secondary N) is 2. The lowest BCUT2D eigenvalue weighted by Gasteiger charge is -2.19. The van der Waals surface area contributed by atoms with Gasteiger partial charge in [0.2, 0.25) is 0 Å². The number of anilines is 1. The van der Waals surface area contributed by atoms with Crippen LogP contribution in [0.4, 0.5) is 5.69 Å². The molecule has 3 aromatic carbocycles. The Morgan fingerprint density at radius 3 is 2.59 bits per heavy atom. The highest BCUT2D eigenvalue weighted by molar-refractivity contribution is 6.30. The molecule has 0 aliphatic carbocycles. The van der Waals surface area contributed by atoms with Crippen LogP contribution >= 0.6 is 11.6 Å². The molecular weight excluding hydrogens is 450 g/mol. The van der Waals surface area contributed by atoms with Gasteiger partial charge in [-0.05, 0) is 66.1 Å². The fraction of sp³-hybridized carbons (Fsp3) is 0.222. The number of nitrogens with zero attached hydrogens (tertiary/aromatic N) is 1. The van der Waals surface area contributed by atoms with Gasteiger partial charge in [-0.15, -0.1) is 0 Å². The van der Waals surface area contributed by atoms with E-state index in [0.29, 0.717) is 29.2 Å². The minimum absolute atomic E-state index is 0.0667. The predicted molar refractivity (Wildman–Crippen MR) is 136 cm³/mol. The maximum atomic E-state index is 12.7. The molecule has 0 saturated heterocycles. The molecule has 2 atom stereocenters. The van der Waals surface area contributed by atoms with Crippen molar-refractivity contribution >= 4 is 34.1 Å². The lowest BCUT2D eigenvalue weighted by molar-refractivity contribution is 0.102. The third-order valence-corrected chi connectivity index (χ3v) is 6.13. The Hall–Kier alpha value is -3.16. The van der Waals surface area contributed by atoms with Gasteiger partial charge in [0.25, 0.3) is 5.91 Å². The quantitative estimate of drug-likeness (QED) is 0.289. The molecule has 0 aliphatic heterocycles. The van der Waals surface area contributed by atoms with Crippen LogP contribution in [0.5, 0.6) is 0 Å². The van der Waals surface area contributed by atoms with Crippen molar-refractivity contribution in [1.82, 2.24) is 9.88 Å². The first-order valence-corrected chi connectivity index (χ1v) is 11.5. The molecule has 6 nitrogen and oxygen atoms in total. The van der Waals surface area contributed by atoms with Gasteiger partial charge < -0.3 is 25.4 Å². The Balaban J connectivity index is 1.32. The minimum atomic E-state index is -0.722. The van der Waals surface area contributed by atoms with Gasteiger partial charge in [0.1, 0.15) is 0 Å². The van der Waals surface area contributed by atoms with E-state index in [4.69, 9.17) is 11.6 Å². The van der Waals surface area contributed by atoms with Gasteiger partial charge in [-0.25, -0.2) is 0 Å². The van der Waals surface area contributed by atoms with Crippen LogP contribution in [0, 0.1) is 0 Å². The fourth-order valence-electron chi connectivity index (χ4n) is 3.95. The number of rotatable bonds is 9. The molecule has 1 amide bonds. The van der Waals surface area contributed by atoms with Gasteiger partial charge in [-0.3, -0.25) is 4.79 Å². The van der Waals surface area contributed by atoms with Crippen LogP contribution in [0.3, 0.4) is 0 Å². The molecule has 0 radical (unpaired) electrons. The molecule has 0 spiro atoms. The molecule has 0 saturated carbocycles. The Morgan fingerprint density at radius 2 is 1.85 bits per heavy atom. The number of fused-ring (bicyclic) bond motifs is 1. The van der Waals surface area contributed by atoms with E-state index in [0.717, 1.165) is 22.0 Å². The molecule has 0 fully saturated rings. The second-order valence-corrected chi connectivity index (χ2v) is 8.85. The molecular formula is C27H28ClN3O3. The van der Waals surface area contributed by atoms with Gasteiger partial charge in [0.05, 0.1) is 12.7 Å². The monoisotopic (exact) mass is 477 g/mol. The van der Waals surface area contributed by atoms with E-state index in [9.17, 15) is 15.0 Å². The number of aryl methyl sites for hydroxylation is 1. The van der Waals surface area contributed by atoms with Crippen molar-refractivity contribution in [2.24, 2.45) is 7.05 Å². The van der Waals surface area contributed by atoms with Crippen molar-refractivity contribution < 1.29 is 15.0 Å². The first-order valence-electron chi connectivity index (χ1n) is 11.2. The average molecular weight is 478 g/mol.